The van der Waals surface area contributed by atoms with Gasteiger partial charge in [-0.15, -0.1) is 0 Å². The minimum atomic E-state index is -0.874. The molecule has 4 aromatic rings. The summed E-state index contributed by atoms with van der Waals surface area (Å²) >= 11 is 6.19. The van der Waals surface area contributed by atoms with E-state index < -0.39 is 10.8 Å². The normalized spacial score (nSPS) is 14.8. The summed E-state index contributed by atoms with van der Waals surface area (Å²) in [4.78, 5) is 26.7. The zero-order chi connectivity index (χ0) is 22.2. The molecule has 1 aromatic carbocycles. The molecule has 1 fully saturated rings. The van der Waals surface area contributed by atoms with E-state index in [-0.39, 0.29) is 18.3 Å². The van der Waals surface area contributed by atoms with Crippen molar-refractivity contribution in [3.8, 4) is 5.88 Å². The maximum absolute atomic E-state index is 13.2. The number of hydrogen-bond donors (Lipinski definition) is 0. The largest absolute Gasteiger partial charge is 0.477 e. The van der Waals surface area contributed by atoms with Crippen LogP contribution >= 0.6 is 11.6 Å². The molecule has 0 spiro atoms. The first-order chi connectivity index (χ1) is 15.5. The highest BCUT2D eigenvalue weighted by Crippen LogP contribution is 2.36. The van der Waals surface area contributed by atoms with Gasteiger partial charge in [0.25, 0.3) is 0 Å². The third kappa shape index (κ3) is 4.14. The van der Waals surface area contributed by atoms with E-state index in [0.717, 1.165) is 29.3 Å². The molecule has 1 aliphatic rings. The maximum Gasteiger partial charge on any atom is 0.329 e. The Kier molecular flexibility index (Phi) is 5.69. The Hall–Kier alpha value is -2.78. The third-order valence-electron chi connectivity index (χ3n) is 5.46. The Balaban J connectivity index is 1.54. The van der Waals surface area contributed by atoms with Gasteiger partial charge >= 0.3 is 5.69 Å². The van der Waals surface area contributed by atoms with Crippen LogP contribution in [0.2, 0.25) is 5.02 Å². The number of nitrogens with zero attached hydrogens (tertiary/aromatic N) is 5. The number of fused-ring (bicyclic) bond motifs is 2. The van der Waals surface area contributed by atoms with Crippen molar-refractivity contribution in [2.45, 2.75) is 31.8 Å². The number of hydrogen-bond acceptors (Lipinski definition) is 6. The molecule has 0 aliphatic heterocycles. The number of aromatic nitrogens is 5. The number of pyridine rings is 1. The van der Waals surface area contributed by atoms with E-state index in [0.29, 0.717) is 41.0 Å². The predicted molar refractivity (Wildman–Crippen MR) is 125 cm³/mol. The van der Waals surface area contributed by atoms with Crippen molar-refractivity contribution in [2.24, 2.45) is 0 Å². The van der Waals surface area contributed by atoms with Crippen LogP contribution in [-0.2, 0) is 17.3 Å². The average molecular weight is 472 g/mol. The molecule has 0 amide bonds. The molecule has 1 atom stereocenters. The van der Waals surface area contributed by atoms with E-state index in [2.05, 4.69) is 15.0 Å². The van der Waals surface area contributed by atoms with Crippen LogP contribution in [0, 0.1) is 0 Å². The van der Waals surface area contributed by atoms with Crippen molar-refractivity contribution < 1.29 is 8.95 Å². The number of imidazole rings is 1. The van der Waals surface area contributed by atoms with E-state index in [9.17, 15) is 9.00 Å². The van der Waals surface area contributed by atoms with E-state index in [1.807, 2.05) is 16.7 Å². The van der Waals surface area contributed by atoms with Crippen molar-refractivity contribution in [2.75, 3.05) is 18.6 Å². The SMILES string of the molecule is CS(=O)CCCOc1nc(Cn2c(=O)n(C3CC3)c3ccncc32)nc2cc(Cl)ccc12. The van der Waals surface area contributed by atoms with Crippen LogP contribution in [0.15, 0.2) is 41.5 Å². The summed E-state index contributed by atoms with van der Waals surface area (Å²) in [6.07, 6.45) is 7.74. The second kappa shape index (κ2) is 8.63. The number of halogens is 1. The first kappa shape index (κ1) is 21.1. The molecule has 0 radical (unpaired) electrons. The highest BCUT2D eigenvalue weighted by Gasteiger charge is 2.29. The molecule has 0 N–H and O–H groups in total. The molecule has 3 heterocycles. The topological polar surface area (TPSA) is 91.9 Å². The quantitative estimate of drug-likeness (QED) is 0.366. The highest BCUT2D eigenvalue weighted by atomic mass is 35.5. The maximum atomic E-state index is 13.2. The second-order valence-corrected chi connectivity index (χ2v) is 9.91. The predicted octanol–water partition coefficient (Wildman–Crippen LogP) is 3.33. The summed E-state index contributed by atoms with van der Waals surface area (Å²) in [5.41, 5.74) is 2.19. The standard InChI is InChI=1S/C22H22ClN5O3S/c1-32(30)10-2-9-31-21-16-6-3-14(23)11-17(16)25-20(26-21)13-27-19-12-24-8-7-18(19)28(22(27)29)15-4-5-15/h3,6-8,11-12,15H,2,4-5,9-10,13H2,1H3. The van der Waals surface area contributed by atoms with Gasteiger partial charge < -0.3 is 4.74 Å². The van der Waals surface area contributed by atoms with Gasteiger partial charge in [0.15, 0.2) is 5.82 Å². The Morgan fingerprint density at radius 1 is 1.22 bits per heavy atom. The molecule has 8 nitrogen and oxygen atoms in total. The van der Waals surface area contributed by atoms with Crippen LogP contribution in [0.3, 0.4) is 0 Å². The summed E-state index contributed by atoms with van der Waals surface area (Å²) in [6.45, 7) is 0.581. The molecule has 5 rings (SSSR count). The average Bonchev–Trinajstić information content (AvgIpc) is 3.56. The van der Waals surface area contributed by atoms with Gasteiger partial charge in [0.05, 0.1) is 41.3 Å². The van der Waals surface area contributed by atoms with E-state index in [1.54, 1.807) is 35.3 Å². The zero-order valence-corrected chi connectivity index (χ0v) is 19.1. The highest BCUT2D eigenvalue weighted by molar-refractivity contribution is 7.84. The Morgan fingerprint density at radius 3 is 2.84 bits per heavy atom. The monoisotopic (exact) mass is 471 g/mol. The molecule has 1 saturated carbocycles. The van der Waals surface area contributed by atoms with Crippen LogP contribution in [0.4, 0.5) is 0 Å². The fourth-order valence-electron chi connectivity index (χ4n) is 3.84. The summed E-state index contributed by atoms with van der Waals surface area (Å²) in [6, 6.07) is 7.46. The van der Waals surface area contributed by atoms with Gasteiger partial charge in [0.2, 0.25) is 5.88 Å². The molecule has 1 aliphatic carbocycles. The lowest BCUT2D eigenvalue weighted by atomic mass is 10.2. The molecule has 0 bridgehead atoms. The van der Waals surface area contributed by atoms with Crippen LogP contribution in [0.5, 0.6) is 5.88 Å². The van der Waals surface area contributed by atoms with E-state index in [4.69, 9.17) is 16.3 Å². The summed E-state index contributed by atoms with van der Waals surface area (Å²) < 4.78 is 20.8. The lowest BCUT2D eigenvalue weighted by molar-refractivity contribution is 0.308. The van der Waals surface area contributed by atoms with Crippen molar-refractivity contribution >= 4 is 44.3 Å². The van der Waals surface area contributed by atoms with Crippen LogP contribution < -0.4 is 10.4 Å². The van der Waals surface area contributed by atoms with Crippen molar-refractivity contribution in [1.29, 1.82) is 0 Å². The Morgan fingerprint density at radius 2 is 2.06 bits per heavy atom. The molecule has 3 aromatic heterocycles. The van der Waals surface area contributed by atoms with E-state index in [1.165, 1.54) is 0 Å². The van der Waals surface area contributed by atoms with Gasteiger partial charge in [-0.1, -0.05) is 11.6 Å². The second-order valence-electron chi connectivity index (χ2n) is 7.92. The molecule has 1 unspecified atom stereocenters. The summed E-state index contributed by atoms with van der Waals surface area (Å²) in [5, 5.41) is 1.30. The fraction of sp³-hybridized carbons (Fsp3) is 0.364. The smallest absolute Gasteiger partial charge is 0.329 e. The number of ether oxygens (including phenoxy) is 1. The van der Waals surface area contributed by atoms with Gasteiger partial charge in [-0.3, -0.25) is 18.3 Å². The summed E-state index contributed by atoms with van der Waals surface area (Å²) in [7, 11) is -0.874. The van der Waals surface area contributed by atoms with Crippen LogP contribution in [0.1, 0.15) is 31.1 Å². The minimum absolute atomic E-state index is 0.0850. The Labute approximate surface area is 191 Å². The molecule has 32 heavy (non-hydrogen) atoms. The minimum Gasteiger partial charge on any atom is -0.477 e. The fourth-order valence-corrected chi connectivity index (χ4v) is 4.53. The van der Waals surface area contributed by atoms with Crippen LogP contribution in [-0.4, -0.2) is 46.9 Å². The van der Waals surface area contributed by atoms with Crippen molar-refractivity contribution in [3.05, 3.63) is 58.0 Å². The summed E-state index contributed by atoms with van der Waals surface area (Å²) in [5.74, 6) is 1.44. The van der Waals surface area contributed by atoms with Gasteiger partial charge in [0, 0.05) is 40.1 Å². The molecule has 10 heteroatoms. The lowest BCUT2D eigenvalue weighted by Crippen LogP contribution is -2.25. The van der Waals surface area contributed by atoms with Crippen LogP contribution in [0.25, 0.3) is 21.9 Å². The molecule has 166 valence electrons. The van der Waals surface area contributed by atoms with Crippen molar-refractivity contribution in [3.63, 3.8) is 0 Å². The number of rotatable bonds is 8. The molecular formula is C22H22ClN5O3S. The molecular weight excluding hydrogens is 450 g/mol. The third-order valence-corrected chi connectivity index (χ3v) is 6.56. The molecule has 0 saturated heterocycles. The lowest BCUT2D eigenvalue weighted by Gasteiger charge is -2.11. The number of benzene rings is 1. The van der Waals surface area contributed by atoms with Gasteiger partial charge in [-0.2, -0.15) is 4.98 Å². The first-order valence-electron chi connectivity index (χ1n) is 10.4. The Bertz CT molecular complexity index is 1400. The zero-order valence-electron chi connectivity index (χ0n) is 17.5. The first-order valence-corrected chi connectivity index (χ1v) is 12.6. The van der Waals surface area contributed by atoms with Gasteiger partial charge in [-0.25, -0.2) is 9.78 Å². The van der Waals surface area contributed by atoms with E-state index >= 15 is 0 Å². The van der Waals surface area contributed by atoms with Gasteiger partial charge in [-0.05, 0) is 43.5 Å². The van der Waals surface area contributed by atoms with Crippen molar-refractivity contribution in [1.82, 2.24) is 24.1 Å². The van der Waals surface area contributed by atoms with Gasteiger partial charge in [0.1, 0.15) is 0 Å².